The molecule has 0 aliphatic rings. The van der Waals surface area contributed by atoms with Crippen LogP contribution in [0.2, 0.25) is 0 Å². The van der Waals surface area contributed by atoms with Gasteiger partial charge < -0.3 is 5.32 Å². The average molecular weight is 410 g/mol. The molecule has 0 fully saturated rings. The van der Waals surface area contributed by atoms with Gasteiger partial charge in [-0.15, -0.1) is 0 Å². The minimum absolute atomic E-state index is 0.0598. The van der Waals surface area contributed by atoms with Crippen LogP contribution >= 0.6 is 11.8 Å². The van der Waals surface area contributed by atoms with Crippen LogP contribution in [-0.4, -0.2) is 27.3 Å². The van der Waals surface area contributed by atoms with Crippen molar-refractivity contribution >= 4 is 28.6 Å². The first-order valence-corrected chi connectivity index (χ1v) is 10.9. The van der Waals surface area contributed by atoms with Crippen molar-refractivity contribution in [3.8, 4) is 5.69 Å². The lowest BCUT2D eigenvalue weighted by Crippen LogP contribution is -2.33. The lowest BCUT2D eigenvalue weighted by molar-refractivity contribution is -0.119. The van der Waals surface area contributed by atoms with E-state index in [1.165, 1.54) is 11.8 Å². The monoisotopic (exact) mass is 409 g/mol. The second-order valence-corrected chi connectivity index (χ2v) is 8.37. The van der Waals surface area contributed by atoms with Gasteiger partial charge in [-0.05, 0) is 43.0 Å². The molecule has 0 aliphatic heterocycles. The van der Waals surface area contributed by atoms with E-state index in [2.05, 4.69) is 19.2 Å². The zero-order chi connectivity index (χ0) is 21.0. The van der Waals surface area contributed by atoms with Crippen LogP contribution in [0.4, 0.5) is 0 Å². The van der Waals surface area contributed by atoms with Gasteiger partial charge in [-0.1, -0.05) is 62.9 Å². The molecule has 6 heteroatoms. The Kier molecular flexibility index (Phi) is 6.75. The Morgan fingerprint density at radius 1 is 1.10 bits per heavy atom. The summed E-state index contributed by atoms with van der Waals surface area (Å²) in [5, 5.41) is 4.06. The van der Waals surface area contributed by atoms with Gasteiger partial charge in [0.15, 0.2) is 5.16 Å². The Morgan fingerprint density at radius 2 is 1.79 bits per heavy atom. The number of nitrogens with one attached hydrogen (secondary N) is 1. The van der Waals surface area contributed by atoms with Crippen LogP contribution in [0.25, 0.3) is 16.6 Å². The van der Waals surface area contributed by atoms with Crippen molar-refractivity contribution in [2.75, 3.05) is 5.75 Å². The summed E-state index contributed by atoms with van der Waals surface area (Å²) < 4.78 is 1.65. The molecule has 1 N–H and O–H groups in total. The van der Waals surface area contributed by atoms with Crippen molar-refractivity contribution in [3.63, 3.8) is 0 Å². The van der Waals surface area contributed by atoms with Gasteiger partial charge >= 0.3 is 0 Å². The van der Waals surface area contributed by atoms with Crippen LogP contribution in [0.3, 0.4) is 0 Å². The molecule has 29 heavy (non-hydrogen) atoms. The first-order chi connectivity index (χ1) is 13.9. The van der Waals surface area contributed by atoms with Gasteiger partial charge in [-0.25, -0.2) is 4.98 Å². The number of para-hydroxylation sites is 2. The summed E-state index contributed by atoms with van der Waals surface area (Å²) in [6, 6.07) is 15.3. The zero-order valence-electron chi connectivity index (χ0n) is 17.3. The topological polar surface area (TPSA) is 64.0 Å². The van der Waals surface area contributed by atoms with Crippen molar-refractivity contribution in [3.05, 3.63) is 64.4 Å². The largest absolute Gasteiger partial charge is 0.353 e. The smallest absolute Gasteiger partial charge is 0.266 e. The van der Waals surface area contributed by atoms with E-state index in [9.17, 15) is 9.59 Å². The van der Waals surface area contributed by atoms with Gasteiger partial charge in [-0.2, -0.15) is 0 Å². The number of thioether (sulfide) groups is 1. The maximum absolute atomic E-state index is 13.4. The summed E-state index contributed by atoms with van der Waals surface area (Å²) in [7, 11) is 0. The first-order valence-electron chi connectivity index (χ1n) is 9.95. The molecule has 0 spiro atoms. The fourth-order valence-electron chi connectivity index (χ4n) is 3.15. The zero-order valence-corrected chi connectivity index (χ0v) is 18.1. The normalized spacial score (nSPS) is 12.3. The summed E-state index contributed by atoms with van der Waals surface area (Å²) >= 11 is 1.29. The van der Waals surface area contributed by atoms with Crippen molar-refractivity contribution in [1.82, 2.24) is 14.9 Å². The highest BCUT2D eigenvalue weighted by Crippen LogP contribution is 2.27. The third-order valence-electron chi connectivity index (χ3n) is 4.90. The number of carbonyl (C=O) groups excluding carboxylic acids is 1. The van der Waals surface area contributed by atoms with E-state index in [0.29, 0.717) is 16.1 Å². The fourth-order valence-corrected chi connectivity index (χ4v) is 3.97. The number of fused-ring (bicyclic) bond motifs is 1. The summed E-state index contributed by atoms with van der Waals surface area (Å²) in [6.07, 6.45) is 0.872. The maximum atomic E-state index is 13.4. The number of hydrogen-bond donors (Lipinski definition) is 1. The molecular weight excluding hydrogens is 382 g/mol. The molecule has 0 bridgehead atoms. The number of aromatic nitrogens is 2. The number of nitrogens with zero attached hydrogens (tertiary/aromatic N) is 2. The molecule has 1 atom stereocenters. The van der Waals surface area contributed by atoms with Crippen LogP contribution in [0.5, 0.6) is 0 Å². The number of rotatable bonds is 7. The Bertz CT molecular complexity index is 1080. The molecule has 3 rings (SSSR count). The Balaban J connectivity index is 2.10. The molecule has 2 aromatic carbocycles. The van der Waals surface area contributed by atoms with Crippen molar-refractivity contribution < 1.29 is 4.79 Å². The highest BCUT2D eigenvalue weighted by Gasteiger charge is 2.18. The minimum atomic E-state index is -0.117. The third-order valence-corrected chi connectivity index (χ3v) is 5.84. The molecule has 0 unspecified atom stereocenters. The predicted molar refractivity (Wildman–Crippen MR) is 120 cm³/mol. The molecule has 0 aliphatic carbocycles. The van der Waals surface area contributed by atoms with Gasteiger partial charge in [0.05, 0.1) is 22.3 Å². The highest BCUT2D eigenvalue weighted by atomic mass is 32.2. The molecule has 5 nitrogen and oxygen atoms in total. The van der Waals surface area contributed by atoms with Crippen LogP contribution in [0, 0.1) is 0 Å². The van der Waals surface area contributed by atoms with Crippen LogP contribution in [-0.2, 0) is 4.79 Å². The van der Waals surface area contributed by atoms with E-state index in [1.807, 2.05) is 56.3 Å². The number of hydrogen-bond acceptors (Lipinski definition) is 4. The summed E-state index contributed by atoms with van der Waals surface area (Å²) in [4.78, 5) is 30.4. The van der Waals surface area contributed by atoms with E-state index < -0.39 is 0 Å². The van der Waals surface area contributed by atoms with Gasteiger partial charge in [0, 0.05) is 6.04 Å². The Labute approximate surface area is 175 Å². The summed E-state index contributed by atoms with van der Waals surface area (Å²) in [5.74, 6) is 0.394. The van der Waals surface area contributed by atoms with Gasteiger partial charge in [0.25, 0.3) is 5.56 Å². The van der Waals surface area contributed by atoms with Crippen molar-refractivity contribution in [2.24, 2.45) is 0 Å². The van der Waals surface area contributed by atoms with E-state index in [-0.39, 0.29) is 29.2 Å². The first kappa shape index (κ1) is 21.1. The average Bonchev–Trinajstić information content (AvgIpc) is 2.72. The second-order valence-electron chi connectivity index (χ2n) is 7.43. The summed E-state index contributed by atoms with van der Waals surface area (Å²) in [6.45, 7) is 8.21. The van der Waals surface area contributed by atoms with Gasteiger partial charge in [0.1, 0.15) is 0 Å². The summed E-state index contributed by atoms with van der Waals surface area (Å²) in [5.41, 5.74) is 2.40. The van der Waals surface area contributed by atoms with Crippen molar-refractivity contribution in [2.45, 2.75) is 51.2 Å². The molecule has 1 aromatic heterocycles. The standard InChI is InChI=1S/C23H27N3O2S/c1-5-16(4)24-21(27)14-29-23-25-19-12-8-6-11-18(19)22(28)26(23)20-13-9-7-10-17(20)15(2)3/h6-13,15-16H,5,14H2,1-4H3,(H,24,27)/t16-/m0/s1. The van der Waals surface area contributed by atoms with E-state index in [4.69, 9.17) is 4.98 Å². The Morgan fingerprint density at radius 3 is 2.52 bits per heavy atom. The minimum Gasteiger partial charge on any atom is -0.353 e. The molecule has 3 aromatic rings. The van der Waals surface area contributed by atoms with Crippen molar-refractivity contribution in [1.29, 1.82) is 0 Å². The van der Waals surface area contributed by atoms with E-state index in [0.717, 1.165) is 17.7 Å². The quantitative estimate of drug-likeness (QED) is 0.460. The number of benzene rings is 2. The second kappa shape index (κ2) is 9.27. The van der Waals surface area contributed by atoms with Crippen LogP contribution in [0.1, 0.15) is 45.6 Å². The molecular formula is C23H27N3O2S. The van der Waals surface area contributed by atoms with Gasteiger partial charge in [0.2, 0.25) is 5.91 Å². The SMILES string of the molecule is CC[C@H](C)NC(=O)CSc1nc2ccccc2c(=O)n1-c1ccccc1C(C)C. The van der Waals surface area contributed by atoms with Crippen LogP contribution < -0.4 is 10.9 Å². The lowest BCUT2D eigenvalue weighted by Gasteiger charge is -2.18. The molecule has 0 saturated heterocycles. The molecule has 0 saturated carbocycles. The molecule has 152 valence electrons. The van der Waals surface area contributed by atoms with E-state index in [1.54, 1.807) is 10.6 Å². The molecule has 1 amide bonds. The number of carbonyl (C=O) groups is 1. The maximum Gasteiger partial charge on any atom is 0.266 e. The molecule has 1 heterocycles. The van der Waals surface area contributed by atoms with Crippen LogP contribution in [0.15, 0.2) is 58.5 Å². The van der Waals surface area contributed by atoms with E-state index >= 15 is 0 Å². The number of amides is 1. The Hall–Kier alpha value is -2.60. The third kappa shape index (κ3) is 4.70. The molecule has 0 radical (unpaired) electrons. The van der Waals surface area contributed by atoms with Gasteiger partial charge in [-0.3, -0.25) is 14.2 Å². The fraction of sp³-hybridized carbons (Fsp3) is 0.348. The lowest BCUT2D eigenvalue weighted by atomic mass is 10.0. The highest BCUT2D eigenvalue weighted by molar-refractivity contribution is 7.99. The predicted octanol–water partition coefficient (Wildman–Crippen LogP) is 4.52.